The summed E-state index contributed by atoms with van der Waals surface area (Å²) < 4.78 is 7.48. The Balaban J connectivity index is 2.32. The number of benzene rings is 2. The number of aliphatic hydroxyl groups excluding tert-OH is 1. The topological polar surface area (TPSA) is 29.5 Å². The standard InChI is InChI=1S/C33H54O2Si/c1-6-8-10-12-16-22-29(34)28-30(23-17-13-11-9-7-2)35-36(33(3,4)5,31-24-18-14-19-25-31)32-26-20-15-21-27-32/h14-15,18-21,24-27,29-30,34H,6-13,16-17,22-23,28H2,1-5H3/t29-,30-/m1/s1. The highest BCUT2D eigenvalue weighted by molar-refractivity contribution is 6.99. The fourth-order valence-corrected chi connectivity index (χ4v) is 10.3. The van der Waals surface area contributed by atoms with Crippen molar-refractivity contribution in [2.45, 2.75) is 135 Å². The van der Waals surface area contributed by atoms with Crippen molar-refractivity contribution in [2.75, 3.05) is 0 Å². The van der Waals surface area contributed by atoms with E-state index in [1.807, 2.05) is 0 Å². The van der Waals surface area contributed by atoms with Gasteiger partial charge in [-0.3, -0.25) is 0 Å². The van der Waals surface area contributed by atoms with E-state index in [4.69, 9.17) is 4.43 Å². The molecule has 36 heavy (non-hydrogen) atoms. The molecule has 2 aromatic carbocycles. The van der Waals surface area contributed by atoms with Crippen LogP contribution >= 0.6 is 0 Å². The summed E-state index contributed by atoms with van der Waals surface area (Å²) in [6, 6.07) is 21.9. The molecule has 1 N–H and O–H groups in total. The fraction of sp³-hybridized carbons (Fsp3) is 0.636. The highest BCUT2D eigenvalue weighted by Gasteiger charge is 2.51. The predicted octanol–water partition coefficient (Wildman–Crippen LogP) is 8.40. The largest absolute Gasteiger partial charge is 0.404 e. The first-order valence-corrected chi connectivity index (χ1v) is 16.7. The van der Waals surface area contributed by atoms with Crippen molar-refractivity contribution in [1.29, 1.82) is 0 Å². The van der Waals surface area contributed by atoms with Gasteiger partial charge in [-0.05, 0) is 34.7 Å². The summed E-state index contributed by atoms with van der Waals surface area (Å²) in [5, 5.41) is 13.7. The van der Waals surface area contributed by atoms with Crippen LogP contribution in [-0.4, -0.2) is 25.6 Å². The normalized spacial score (nSPS) is 14.1. The molecule has 0 aliphatic heterocycles. The van der Waals surface area contributed by atoms with E-state index in [1.54, 1.807) is 0 Å². The van der Waals surface area contributed by atoms with Crippen molar-refractivity contribution in [2.24, 2.45) is 0 Å². The molecule has 202 valence electrons. The second kappa shape index (κ2) is 16.4. The van der Waals surface area contributed by atoms with Crippen molar-refractivity contribution in [3.05, 3.63) is 60.7 Å². The Hall–Kier alpha value is -1.42. The minimum Gasteiger partial charge on any atom is -0.404 e. The maximum atomic E-state index is 11.1. The van der Waals surface area contributed by atoms with Crippen LogP contribution in [0.1, 0.15) is 118 Å². The van der Waals surface area contributed by atoms with E-state index < -0.39 is 8.32 Å². The Kier molecular flexibility index (Phi) is 14.1. The van der Waals surface area contributed by atoms with E-state index in [9.17, 15) is 5.11 Å². The minimum atomic E-state index is -2.61. The van der Waals surface area contributed by atoms with Crippen molar-refractivity contribution in [1.82, 2.24) is 0 Å². The Morgan fingerprint density at radius 2 is 1.11 bits per heavy atom. The first kappa shape index (κ1) is 30.8. The highest BCUT2D eigenvalue weighted by atomic mass is 28.4. The third kappa shape index (κ3) is 9.47. The Morgan fingerprint density at radius 1 is 0.667 bits per heavy atom. The molecule has 0 aliphatic carbocycles. The van der Waals surface area contributed by atoms with Gasteiger partial charge in [0, 0.05) is 6.10 Å². The van der Waals surface area contributed by atoms with Gasteiger partial charge in [-0.1, -0.05) is 159 Å². The van der Waals surface area contributed by atoms with E-state index in [0.717, 1.165) is 25.7 Å². The molecule has 3 heteroatoms. The average molecular weight is 511 g/mol. The molecule has 0 fully saturated rings. The molecule has 2 nitrogen and oxygen atoms in total. The quantitative estimate of drug-likeness (QED) is 0.161. The lowest BCUT2D eigenvalue weighted by Crippen LogP contribution is -2.67. The molecular formula is C33H54O2Si. The molecule has 2 aromatic rings. The van der Waals surface area contributed by atoms with E-state index in [-0.39, 0.29) is 17.2 Å². The Morgan fingerprint density at radius 3 is 1.56 bits per heavy atom. The van der Waals surface area contributed by atoms with E-state index in [0.29, 0.717) is 0 Å². The number of aliphatic hydroxyl groups is 1. The molecule has 0 saturated carbocycles. The molecule has 0 aliphatic rings. The minimum absolute atomic E-state index is 0.0404. The first-order chi connectivity index (χ1) is 17.3. The van der Waals surface area contributed by atoms with Crippen molar-refractivity contribution in [3.63, 3.8) is 0 Å². The molecule has 0 heterocycles. The summed E-state index contributed by atoms with van der Waals surface area (Å²) in [5.41, 5.74) is 0. The van der Waals surface area contributed by atoms with E-state index >= 15 is 0 Å². The summed E-state index contributed by atoms with van der Waals surface area (Å²) in [6.07, 6.45) is 14.9. The van der Waals surface area contributed by atoms with Crippen LogP contribution in [0.3, 0.4) is 0 Å². The first-order valence-electron chi connectivity index (χ1n) is 14.8. The smallest absolute Gasteiger partial charge is 0.261 e. The zero-order chi connectivity index (χ0) is 26.3. The molecular weight excluding hydrogens is 456 g/mol. The van der Waals surface area contributed by atoms with Gasteiger partial charge in [-0.25, -0.2) is 0 Å². The SMILES string of the molecule is CCCCCCC[C@@H](O)C[C@@H](CCCCCCC)O[Si](c1ccccc1)(c1ccccc1)C(C)(C)C. The van der Waals surface area contributed by atoms with E-state index in [2.05, 4.69) is 95.3 Å². The number of hydrogen-bond acceptors (Lipinski definition) is 2. The van der Waals surface area contributed by atoms with Crippen LogP contribution in [0.4, 0.5) is 0 Å². The van der Waals surface area contributed by atoms with Crippen molar-refractivity contribution < 1.29 is 9.53 Å². The van der Waals surface area contributed by atoms with Gasteiger partial charge in [0.15, 0.2) is 0 Å². The van der Waals surface area contributed by atoms with Crippen LogP contribution in [0.15, 0.2) is 60.7 Å². The van der Waals surface area contributed by atoms with Crippen LogP contribution in [-0.2, 0) is 4.43 Å². The lowest BCUT2D eigenvalue weighted by Gasteiger charge is -2.45. The summed E-state index contributed by atoms with van der Waals surface area (Å²) in [7, 11) is -2.61. The molecule has 0 unspecified atom stereocenters. The van der Waals surface area contributed by atoms with Gasteiger partial charge in [0.2, 0.25) is 0 Å². The average Bonchev–Trinajstić information content (AvgIpc) is 2.87. The number of unbranched alkanes of at least 4 members (excludes halogenated alkanes) is 8. The Labute approximate surface area is 224 Å². The van der Waals surface area contributed by atoms with Gasteiger partial charge >= 0.3 is 0 Å². The second-order valence-corrected chi connectivity index (χ2v) is 16.0. The zero-order valence-corrected chi connectivity index (χ0v) is 25.0. The molecule has 0 aromatic heterocycles. The van der Waals surface area contributed by atoms with Gasteiger partial charge < -0.3 is 9.53 Å². The number of hydrogen-bond donors (Lipinski definition) is 1. The molecule has 0 saturated heterocycles. The Bertz CT molecular complexity index is 760. The monoisotopic (exact) mass is 510 g/mol. The summed E-state index contributed by atoms with van der Waals surface area (Å²) in [4.78, 5) is 0. The van der Waals surface area contributed by atoms with Gasteiger partial charge in [0.1, 0.15) is 0 Å². The van der Waals surface area contributed by atoms with Crippen molar-refractivity contribution in [3.8, 4) is 0 Å². The highest BCUT2D eigenvalue weighted by Crippen LogP contribution is 2.38. The van der Waals surface area contributed by atoms with Crippen molar-refractivity contribution >= 4 is 18.7 Å². The lowest BCUT2D eigenvalue weighted by molar-refractivity contribution is 0.0759. The maximum absolute atomic E-state index is 11.1. The summed E-state index contributed by atoms with van der Waals surface area (Å²) in [5.74, 6) is 0. The van der Waals surface area contributed by atoms with E-state index in [1.165, 1.54) is 68.2 Å². The third-order valence-electron chi connectivity index (χ3n) is 7.57. The van der Waals surface area contributed by atoms with Crippen LogP contribution in [0.2, 0.25) is 5.04 Å². The summed E-state index contributed by atoms with van der Waals surface area (Å²) >= 11 is 0. The van der Waals surface area contributed by atoms with Crippen LogP contribution in [0, 0.1) is 0 Å². The van der Waals surface area contributed by atoms with Gasteiger partial charge in [-0.2, -0.15) is 0 Å². The van der Waals surface area contributed by atoms with Gasteiger partial charge in [-0.15, -0.1) is 0 Å². The fourth-order valence-electron chi connectivity index (χ4n) is 5.55. The second-order valence-electron chi connectivity index (χ2n) is 11.7. The molecule has 0 spiro atoms. The molecule has 0 bridgehead atoms. The van der Waals surface area contributed by atoms with Crippen LogP contribution < -0.4 is 10.4 Å². The maximum Gasteiger partial charge on any atom is 0.261 e. The third-order valence-corrected chi connectivity index (χ3v) is 12.7. The van der Waals surface area contributed by atoms with Gasteiger partial charge in [0.25, 0.3) is 8.32 Å². The lowest BCUT2D eigenvalue weighted by atomic mass is 10.0. The van der Waals surface area contributed by atoms with Crippen LogP contribution in [0.25, 0.3) is 0 Å². The summed E-state index contributed by atoms with van der Waals surface area (Å²) in [6.45, 7) is 11.6. The van der Waals surface area contributed by atoms with Crippen LogP contribution in [0.5, 0.6) is 0 Å². The molecule has 0 amide bonds. The number of rotatable bonds is 18. The van der Waals surface area contributed by atoms with Gasteiger partial charge in [0.05, 0.1) is 6.10 Å². The molecule has 0 radical (unpaired) electrons. The molecule has 2 atom stereocenters. The zero-order valence-electron chi connectivity index (χ0n) is 24.0. The molecule has 2 rings (SSSR count). The predicted molar refractivity (Wildman–Crippen MR) is 160 cm³/mol.